The summed E-state index contributed by atoms with van der Waals surface area (Å²) in [6.07, 6.45) is 4.02. The lowest BCUT2D eigenvalue weighted by atomic mass is 9.99. The molecule has 0 bridgehead atoms. The minimum absolute atomic E-state index is 0.00219. The van der Waals surface area contributed by atoms with Gasteiger partial charge in [-0.15, -0.1) is 0 Å². The van der Waals surface area contributed by atoms with Gasteiger partial charge in [0.15, 0.2) is 5.71 Å². The van der Waals surface area contributed by atoms with E-state index in [1.165, 1.54) is 18.2 Å². The molecule has 26 heavy (non-hydrogen) atoms. The van der Waals surface area contributed by atoms with E-state index < -0.39 is 10.1 Å². The maximum absolute atomic E-state index is 12.2. The van der Waals surface area contributed by atoms with Gasteiger partial charge in [-0.2, -0.15) is 13.7 Å². The van der Waals surface area contributed by atoms with Gasteiger partial charge in [-0.1, -0.05) is 67.5 Å². The highest BCUT2D eigenvalue weighted by atomic mass is 32.2. The van der Waals surface area contributed by atoms with E-state index in [9.17, 15) is 8.42 Å². The molecule has 0 saturated carbocycles. The monoisotopic (exact) mass is 368 g/mol. The van der Waals surface area contributed by atoms with Crippen molar-refractivity contribution in [2.75, 3.05) is 0 Å². The fourth-order valence-corrected chi connectivity index (χ4v) is 2.89. The topological polar surface area (TPSA) is 79.5 Å². The molecule has 134 valence electrons. The van der Waals surface area contributed by atoms with Crippen LogP contribution >= 0.6 is 0 Å². The molecule has 0 amide bonds. The number of nitrogens with zero attached hydrogens (tertiary/aromatic N) is 2. The van der Waals surface area contributed by atoms with Crippen LogP contribution in [0, 0.1) is 11.3 Å². The van der Waals surface area contributed by atoms with Gasteiger partial charge in [-0.05, 0) is 41.7 Å². The summed E-state index contributed by atoms with van der Waals surface area (Å²) in [6.45, 7) is 4.14. The van der Waals surface area contributed by atoms with Crippen LogP contribution in [0.25, 0.3) is 6.08 Å². The number of benzene rings is 2. The normalized spacial score (nSPS) is 13.3. The number of rotatable bonds is 7. The summed E-state index contributed by atoms with van der Waals surface area (Å²) >= 11 is 0. The average Bonchev–Trinajstić information content (AvgIpc) is 2.68. The van der Waals surface area contributed by atoms with Crippen LogP contribution in [0.4, 0.5) is 0 Å². The molecule has 0 aliphatic rings. The van der Waals surface area contributed by atoms with Crippen molar-refractivity contribution in [3.63, 3.8) is 0 Å². The fourth-order valence-electron chi connectivity index (χ4n) is 2.16. The third kappa shape index (κ3) is 5.30. The minimum Gasteiger partial charge on any atom is -0.263 e. The minimum atomic E-state index is -4.07. The number of hydrogen-bond donors (Lipinski definition) is 0. The van der Waals surface area contributed by atoms with Gasteiger partial charge in [0.05, 0.1) is 0 Å². The predicted molar refractivity (Wildman–Crippen MR) is 102 cm³/mol. The third-order valence-electron chi connectivity index (χ3n) is 3.93. The van der Waals surface area contributed by atoms with Gasteiger partial charge in [-0.25, -0.2) is 0 Å². The highest BCUT2D eigenvalue weighted by Crippen LogP contribution is 2.21. The zero-order valence-electron chi connectivity index (χ0n) is 14.7. The van der Waals surface area contributed by atoms with E-state index >= 15 is 0 Å². The first-order chi connectivity index (χ1) is 12.5. The number of nitriles is 1. The molecular weight excluding hydrogens is 348 g/mol. The van der Waals surface area contributed by atoms with Crippen molar-refractivity contribution in [2.24, 2.45) is 5.16 Å². The van der Waals surface area contributed by atoms with Gasteiger partial charge >= 0.3 is 10.1 Å². The SMILES string of the molecule is CCC(C)c1ccc(S(=O)(=O)ON=C(C#N)/C=C/c2ccccc2)cc1. The second-order valence-electron chi connectivity index (χ2n) is 5.74. The van der Waals surface area contributed by atoms with Crippen molar-refractivity contribution in [1.29, 1.82) is 5.26 Å². The van der Waals surface area contributed by atoms with Crippen molar-refractivity contribution in [3.8, 4) is 6.07 Å². The first kappa shape index (κ1) is 19.4. The van der Waals surface area contributed by atoms with E-state index in [4.69, 9.17) is 5.26 Å². The summed E-state index contributed by atoms with van der Waals surface area (Å²) in [4.78, 5) is -0.00219. The van der Waals surface area contributed by atoms with E-state index in [0.29, 0.717) is 5.92 Å². The molecule has 0 aliphatic carbocycles. The lowest BCUT2D eigenvalue weighted by molar-refractivity contribution is 0.340. The van der Waals surface area contributed by atoms with Gasteiger partial charge < -0.3 is 0 Å². The smallest absolute Gasteiger partial charge is 0.263 e. The van der Waals surface area contributed by atoms with Crippen LogP contribution in [-0.2, 0) is 14.4 Å². The van der Waals surface area contributed by atoms with Gasteiger partial charge in [0, 0.05) is 0 Å². The quantitative estimate of drug-likeness (QED) is 0.532. The van der Waals surface area contributed by atoms with Crippen LogP contribution in [0.3, 0.4) is 0 Å². The molecule has 0 radical (unpaired) electrons. The largest absolute Gasteiger partial charge is 0.358 e. The number of hydrogen-bond acceptors (Lipinski definition) is 5. The molecule has 2 aromatic rings. The summed E-state index contributed by atoms with van der Waals surface area (Å²) in [5.41, 5.74) is 1.77. The Bertz CT molecular complexity index is 925. The van der Waals surface area contributed by atoms with Crippen LogP contribution < -0.4 is 0 Å². The zero-order chi connectivity index (χ0) is 19.0. The summed E-state index contributed by atoms with van der Waals surface area (Å²) in [5, 5.41) is 12.5. The third-order valence-corrected chi connectivity index (χ3v) is 5.05. The first-order valence-corrected chi connectivity index (χ1v) is 9.62. The van der Waals surface area contributed by atoms with Crippen molar-refractivity contribution in [1.82, 2.24) is 0 Å². The zero-order valence-corrected chi connectivity index (χ0v) is 15.5. The Hall–Kier alpha value is -2.91. The Kier molecular flexibility index (Phi) is 6.70. The number of allylic oxidation sites excluding steroid dienone is 1. The highest BCUT2D eigenvalue weighted by molar-refractivity contribution is 7.86. The fraction of sp³-hybridized carbons (Fsp3) is 0.200. The lowest BCUT2D eigenvalue weighted by Gasteiger charge is -2.09. The van der Waals surface area contributed by atoms with Gasteiger partial charge in [0.25, 0.3) is 0 Å². The second-order valence-corrected chi connectivity index (χ2v) is 7.27. The molecule has 0 fully saturated rings. The molecule has 0 saturated heterocycles. The molecule has 0 N–H and O–H groups in total. The standard InChI is InChI=1S/C20H20N2O3S/c1-3-16(2)18-10-13-20(14-11-18)26(23,24)25-22-19(15-21)12-9-17-7-5-4-6-8-17/h4-14,16H,3H2,1-2H3/b12-9+,22-19?. The Balaban J connectivity index is 2.13. The van der Waals surface area contributed by atoms with E-state index in [1.807, 2.05) is 30.3 Å². The molecule has 5 nitrogen and oxygen atoms in total. The van der Waals surface area contributed by atoms with E-state index in [0.717, 1.165) is 17.5 Å². The number of oxime groups is 1. The Labute approximate surface area is 154 Å². The van der Waals surface area contributed by atoms with Gasteiger partial charge in [0.2, 0.25) is 0 Å². The predicted octanol–water partition coefficient (Wildman–Crippen LogP) is 4.50. The molecule has 0 aromatic heterocycles. The second kappa shape index (κ2) is 8.97. The first-order valence-electron chi connectivity index (χ1n) is 8.21. The van der Waals surface area contributed by atoms with Crippen LogP contribution in [0.15, 0.2) is 70.7 Å². The van der Waals surface area contributed by atoms with E-state index in [1.54, 1.807) is 24.3 Å². The van der Waals surface area contributed by atoms with Crippen LogP contribution in [0.5, 0.6) is 0 Å². The van der Waals surface area contributed by atoms with Gasteiger partial charge in [0.1, 0.15) is 11.0 Å². The molecule has 2 aromatic carbocycles. The summed E-state index contributed by atoms with van der Waals surface area (Å²) in [6, 6.07) is 17.6. The highest BCUT2D eigenvalue weighted by Gasteiger charge is 2.16. The van der Waals surface area contributed by atoms with E-state index in [2.05, 4.69) is 23.3 Å². The van der Waals surface area contributed by atoms with Gasteiger partial charge in [-0.3, -0.25) is 4.28 Å². The molecule has 6 heteroatoms. The molecule has 1 atom stereocenters. The Morgan fingerprint density at radius 1 is 1.19 bits per heavy atom. The van der Waals surface area contributed by atoms with Crippen LogP contribution in [0.1, 0.15) is 37.3 Å². The molecule has 0 spiro atoms. The van der Waals surface area contributed by atoms with Crippen LogP contribution in [-0.4, -0.2) is 14.1 Å². The van der Waals surface area contributed by atoms with Crippen molar-refractivity contribution in [2.45, 2.75) is 31.1 Å². The lowest BCUT2D eigenvalue weighted by Crippen LogP contribution is -2.04. The maximum atomic E-state index is 12.2. The molecule has 0 heterocycles. The molecule has 2 rings (SSSR count). The van der Waals surface area contributed by atoms with Crippen molar-refractivity contribution >= 4 is 21.9 Å². The van der Waals surface area contributed by atoms with E-state index in [-0.39, 0.29) is 10.6 Å². The van der Waals surface area contributed by atoms with Crippen molar-refractivity contribution < 1.29 is 12.7 Å². The molecule has 1 unspecified atom stereocenters. The Morgan fingerprint density at radius 3 is 2.42 bits per heavy atom. The summed E-state index contributed by atoms with van der Waals surface area (Å²) < 4.78 is 29.1. The molecule has 0 aliphatic heterocycles. The van der Waals surface area contributed by atoms with Crippen molar-refractivity contribution in [3.05, 3.63) is 71.8 Å². The summed E-state index contributed by atoms with van der Waals surface area (Å²) in [5.74, 6) is 0.346. The molecular formula is C20H20N2O3S. The Morgan fingerprint density at radius 2 is 1.85 bits per heavy atom. The van der Waals surface area contributed by atoms with Crippen LogP contribution in [0.2, 0.25) is 0 Å². The maximum Gasteiger partial charge on any atom is 0.358 e. The summed E-state index contributed by atoms with van der Waals surface area (Å²) in [7, 11) is -4.07. The average molecular weight is 368 g/mol.